The Morgan fingerprint density at radius 1 is 1.33 bits per heavy atom. The molecule has 3 rings (SSSR count). The lowest BCUT2D eigenvalue weighted by atomic mass is 10.2. The van der Waals surface area contributed by atoms with Crippen molar-refractivity contribution >= 4 is 11.7 Å². The van der Waals surface area contributed by atoms with E-state index in [1.165, 1.54) is 0 Å². The Kier molecular flexibility index (Phi) is 4.34. The second-order valence-corrected chi connectivity index (χ2v) is 5.56. The lowest BCUT2D eigenvalue weighted by molar-refractivity contribution is -0.143. The van der Waals surface area contributed by atoms with E-state index >= 15 is 0 Å². The molecule has 2 fully saturated rings. The van der Waals surface area contributed by atoms with Gasteiger partial charge in [-0.2, -0.15) is 0 Å². The monoisotopic (exact) mass is 290 g/mol. The maximum absolute atomic E-state index is 12.4. The Balaban J connectivity index is 1.68. The second-order valence-electron chi connectivity index (χ2n) is 5.56. The van der Waals surface area contributed by atoms with Gasteiger partial charge in [-0.3, -0.25) is 4.79 Å². The van der Waals surface area contributed by atoms with Gasteiger partial charge in [-0.1, -0.05) is 6.92 Å². The van der Waals surface area contributed by atoms with Crippen molar-refractivity contribution < 1.29 is 9.53 Å². The summed E-state index contributed by atoms with van der Waals surface area (Å²) in [6.45, 7) is 5.72. The molecule has 0 aromatic carbocycles. The van der Waals surface area contributed by atoms with E-state index in [-0.39, 0.29) is 12.0 Å². The van der Waals surface area contributed by atoms with Crippen molar-refractivity contribution in [3.8, 4) is 0 Å². The van der Waals surface area contributed by atoms with Crippen molar-refractivity contribution in [2.45, 2.75) is 32.3 Å². The fraction of sp³-hybridized carbons (Fsp3) is 0.667. The molecule has 2 saturated heterocycles. The number of anilines is 1. The number of aryl methyl sites for hydroxylation is 1. The molecule has 0 radical (unpaired) electrons. The number of hydrogen-bond donors (Lipinski definition) is 0. The molecule has 2 aliphatic heterocycles. The molecular formula is C15H22N4O2. The molecule has 0 aliphatic carbocycles. The average Bonchev–Trinajstić information content (AvgIpc) is 3.09. The van der Waals surface area contributed by atoms with Crippen LogP contribution in [-0.2, 0) is 16.0 Å². The van der Waals surface area contributed by atoms with Crippen molar-refractivity contribution in [2.75, 3.05) is 37.7 Å². The maximum Gasteiger partial charge on any atom is 0.253 e. The standard InChI is InChI=1S/C15H22N4O2/c1-2-12-9-14(17-11-16-12)19-7-8-21-13(10-19)15(20)18-5-3-4-6-18/h9,11,13H,2-8,10H2,1H3. The van der Waals surface area contributed by atoms with Gasteiger partial charge in [-0.15, -0.1) is 0 Å². The van der Waals surface area contributed by atoms with Gasteiger partial charge in [-0.05, 0) is 19.3 Å². The first kappa shape index (κ1) is 14.3. The van der Waals surface area contributed by atoms with E-state index in [0.29, 0.717) is 13.2 Å². The number of ether oxygens (including phenoxy) is 1. The molecule has 0 bridgehead atoms. The molecule has 1 atom stereocenters. The molecule has 3 heterocycles. The van der Waals surface area contributed by atoms with E-state index in [9.17, 15) is 4.79 Å². The van der Waals surface area contributed by atoms with Gasteiger partial charge < -0.3 is 14.5 Å². The van der Waals surface area contributed by atoms with Gasteiger partial charge in [0.1, 0.15) is 12.1 Å². The van der Waals surface area contributed by atoms with Crippen LogP contribution in [0.15, 0.2) is 12.4 Å². The van der Waals surface area contributed by atoms with Crippen molar-refractivity contribution in [1.82, 2.24) is 14.9 Å². The Morgan fingerprint density at radius 2 is 2.14 bits per heavy atom. The highest BCUT2D eigenvalue weighted by atomic mass is 16.5. The van der Waals surface area contributed by atoms with Crippen molar-refractivity contribution in [3.05, 3.63) is 18.1 Å². The van der Waals surface area contributed by atoms with Crippen LogP contribution >= 0.6 is 0 Å². The summed E-state index contributed by atoms with van der Waals surface area (Å²) < 4.78 is 5.68. The van der Waals surface area contributed by atoms with Gasteiger partial charge in [0.2, 0.25) is 0 Å². The molecular weight excluding hydrogens is 268 g/mol. The minimum Gasteiger partial charge on any atom is -0.365 e. The fourth-order valence-corrected chi connectivity index (χ4v) is 2.90. The smallest absolute Gasteiger partial charge is 0.253 e. The summed E-state index contributed by atoms with van der Waals surface area (Å²) in [7, 11) is 0. The van der Waals surface area contributed by atoms with E-state index in [1.54, 1.807) is 6.33 Å². The molecule has 21 heavy (non-hydrogen) atoms. The SMILES string of the molecule is CCc1cc(N2CCOC(C(=O)N3CCCC3)C2)ncn1. The van der Waals surface area contributed by atoms with Crippen molar-refractivity contribution in [1.29, 1.82) is 0 Å². The lowest BCUT2D eigenvalue weighted by Crippen LogP contribution is -2.50. The third-order valence-electron chi connectivity index (χ3n) is 4.16. The molecule has 0 N–H and O–H groups in total. The van der Waals surface area contributed by atoms with Crippen molar-refractivity contribution in [3.63, 3.8) is 0 Å². The van der Waals surface area contributed by atoms with Crippen LogP contribution in [0.5, 0.6) is 0 Å². The van der Waals surface area contributed by atoms with E-state index < -0.39 is 0 Å². The van der Waals surface area contributed by atoms with Gasteiger partial charge in [0.15, 0.2) is 6.10 Å². The number of likely N-dealkylation sites (tertiary alicyclic amines) is 1. The maximum atomic E-state index is 12.4. The highest BCUT2D eigenvalue weighted by Crippen LogP contribution is 2.18. The van der Waals surface area contributed by atoms with Gasteiger partial charge >= 0.3 is 0 Å². The minimum absolute atomic E-state index is 0.127. The second kappa shape index (κ2) is 6.39. The van der Waals surface area contributed by atoms with Crippen LogP contribution in [0.1, 0.15) is 25.5 Å². The molecule has 0 spiro atoms. The molecule has 0 saturated carbocycles. The van der Waals surface area contributed by atoms with Gasteiger partial charge in [-0.25, -0.2) is 9.97 Å². The lowest BCUT2D eigenvalue weighted by Gasteiger charge is -2.34. The summed E-state index contributed by atoms with van der Waals surface area (Å²) in [6, 6.07) is 2.00. The summed E-state index contributed by atoms with van der Waals surface area (Å²) in [5.41, 5.74) is 1.02. The molecule has 1 aromatic heterocycles. The van der Waals surface area contributed by atoms with Crippen LogP contribution in [0.4, 0.5) is 5.82 Å². The Morgan fingerprint density at radius 3 is 2.90 bits per heavy atom. The van der Waals surface area contributed by atoms with Crippen LogP contribution in [0.3, 0.4) is 0 Å². The first-order valence-corrected chi connectivity index (χ1v) is 7.74. The summed E-state index contributed by atoms with van der Waals surface area (Å²) in [5.74, 6) is 1.02. The third-order valence-corrected chi connectivity index (χ3v) is 4.16. The van der Waals surface area contributed by atoms with E-state index in [4.69, 9.17) is 4.74 Å². The van der Waals surface area contributed by atoms with Gasteiger partial charge in [0, 0.05) is 31.4 Å². The molecule has 2 aliphatic rings. The van der Waals surface area contributed by atoms with E-state index in [1.807, 2.05) is 11.0 Å². The number of nitrogens with zero attached hydrogens (tertiary/aromatic N) is 4. The van der Waals surface area contributed by atoms with Gasteiger partial charge in [0.25, 0.3) is 5.91 Å². The highest BCUT2D eigenvalue weighted by Gasteiger charge is 2.31. The molecule has 6 heteroatoms. The van der Waals surface area contributed by atoms with Crippen LogP contribution < -0.4 is 4.90 Å². The molecule has 1 amide bonds. The predicted molar refractivity (Wildman–Crippen MR) is 79.2 cm³/mol. The average molecular weight is 290 g/mol. The number of rotatable bonds is 3. The first-order valence-electron chi connectivity index (χ1n) is 7.74. The van der Waals surface area contributed by atoms with Crippen LogP contribution in [0, 0.1) is 0 Å². The number of carbonyl (C=O) groups excluding carboxylic acids is 1. The normalized spacial score (nSPS) is 22.6. The number of aromatic nitrogens is 2. The first-order chi connectivity index (χ1) is 10.3. The highest BCUT2D eigenvalue weighted by molar-refractivity contribution is 5.82. The predicted octanol–water partition coefficient (Wildman–Crippen LogP) is 0.867. The summed E-state index contributed by atoms with van der Waals surface area (Å²) in [4.78, 5) is 25.1. The Bertz CT molecular complexity index is 502. The molecule has 1 aromatic rings. The zero-order chi connectivity index (χ0) is 14.7. The number of amides is 1. The van der Waals surface area contributed by atoms with Crippen molar-refractivity contribution in [2.24, 2.45) is 0 Å². The number of hydrogen-bond acceptors (Lipinski definition) is 5. The third kappa shape index (κ3) is 3.15. The van der Waals surface area contributed by atoms with E-state index in [0.717, 1.165) is 50.4 Å². The quantitative estimate of drug-likeness (QED) is 0.826. The summed E-state index contributed by atoms with van der Waals surface area (Å²) in [6.07, 6.45) is 4.33. The molecule has 6 nitrogen and oxygen atoms in total. The Hall–Kier alpha value is -1.69. The number of morpholine rings is 1. The van der Waals surface area contributed by atoms with Crippen LogP contribution in [0.25, 0.3) is 0 Å². The molecule has 1 unspecified atom stereocenters. The van der Waals surface area contributed by atoms with Crippen LogP contribution in [-0.4, -0.2) is 59.7 Å². The molecule has 114 valence electrons. The summed E-state index contributed by atoms with van der Waals surface area (Å²) in [5, 5.41) is 0. The number of carbonyl (C=O) groups is 1. The zero-order valence-corrected chi connectivity index (χ0v) is 12.5. The zero-order valence-electron chi connectivity index (χ0n) is 12.5. The van der Waals surface area contributed by atoms with Gasteiger partial charge in [0.05, 0.1) is 13.2 Å². The fourth-order valence-electron chi connectivity index (χ4n) is 2.90. The van der Waals surface area contributed by atoms with E-state index in [2.05, 4.69) is 21.8 Å². The van der Waals surface area contributed by atoms with Crippen LogP contribution in [0.2, 0.25) is 0 Å². The summed E-state index contributed by atoms with van der Waals surface area (Å²) >= 11 is 0. The topological polar surface area (TPSA) is 58.6 Å². The minimum atomic E-state index is -0.364. The largest absolute Gasteiger partial charge is 0.365 e. The Labute approximate surface area is 125 Å².